The summed E-state index contributed by atoms with van der Waals surface area (Å²) in [5, 5.41) is 0. The van der Waals surface area contributed by atoms with Gasteiger partial charge in [0.2, 0.25) is 0 Å². The zero-order valence-electron chi connectivity index (χ0n) is 7.65. The van der Waals surface area contributed by atoms with Crippen molar-refractivity contribution in [3.8, 4) is 5.75 Å². The number of para-hydroxylation sites is 1. The maximum atomic E-state index is 11.2. The zero-order chi connectivity index (χ0) is 10.6. The standard InChI is InChI=1S/C10H9O4/c1-7(11)14-9-6-4-3-5-8(9)10(12)13-2/h3-6H,1H2,2H3. The van der Waals surface area contributed by atoms with Gasteiger partial charge in [0.25, 0.3) is 0 Å². The summed E-state index contributed by atoms with van der Waals surface area (Å²) in [6.07, 6.45) is 0. The molecule has 0 amide bonds. The fourth-order valence-corrected chi connectivity index (χ4v) is 0.957. The monoisotopic (exact) mass is 193 g/mol. The zero-order valence-corrected chi connectivity index (χ0v) is 7.65. The summed E-state index contributed by atoms with van der Waals surface area (Å²) < 4.78 is 9.23. The van der Waals surface area contributed by atoms with Gasteiger partial charge < -0.3 is 9.47 Å². The van der Waals surface area contributed by atoms with E-state index in [9.17, 15) is 9.59 Å². The number of carbonyl (C=O) groups excluding carboxylic acids is 2. The lowest BCUT2D eigenvalue weighted by atomic mass is 10.2. The van der Waals surface area contributed by atoms with Gasteiger partial charge in [-0.2, -0.15) is 0 Å². The predicted octanol–water partition coefficient (Wildman–Crippen LogP) is 1.21. The van der Waals surface area contributed by atoms with Crippen LogP contribution in [0, 0.1) is 6.92 Å². The van der Waals surface area contributed by atoms with Gasteiger partial charge in [-0.15, -0.1) is 0 Å². The third-order valence-corrected chi connectivity index (χ3v) is 1.52. The third-order valence-electron chi connectivity index (χ3n) is 1.52. The first-order valence-electron chi connectivity index (χ1n) is 3.86. The van der Waals surface area contributed by atoms with Crippen molar-refractivity contribution in [3.63, 3.8) is 0 Å². The van der Waals surface area contributed by atoms with E-state index in [1.165, 1.54) is 19.2 Å². The second kappa shape index (κ2) is 4.41. The van der Waals surface area contributed by atoms with Gasteiger partial charge >= 0.3 is 11.9 Å². The van der Waals surface area contributed by atoms with Gasteiger partial charge in [0.05, 0.1) is 14.0 Å². The number of benzene rings is 1. The molecule has 0 spiro atoms. The summed E-state index contributed by atoms with van der Waals surface area (Å²) in [6.45, 7) is 3.05. The van der Waals surface area contributed by atoms with E-state index in [1.54, 1.807) is 12.1 Å². The van der Waals surface area contributed by atoms with Crippen LogP contribution in [0.3, 0.4) is 0 Å². The largest absolute Gasteiger partial charge is 0.465 e. The molecule has 0 saturated heterocycles. The molecular weight excluding hydrogens is 184 g/mol. The summed E-state index contributed by atoms with van der Waals surface area (Å²) in [6, 6.07) is 6.29. The molecule has 0 aliphatic heterocycles. The van der Waals surface area contributed by atoms with Crippen molar-refractivity contribution in [3.05, 3.63) is 36.8 Å². The average molecular weight is 193 g/mol. The highest BCUT2D eigenvalue weighted by atomic mass is 16.5. The smallest absolute Gasteiger partial charge is 0.341 e. The van der Waals surface area contributed by atoms with Crippen LogP contribution >= 0.6 is 0 Å². The lowest BCUT2D eigenvalue weighted by molar-refractivity contribution is -0.129. The summed E-state index contributed by atoms with van der Waals surface area (Å²) in [4.78, 5) is 21.8. The Hall–Kier alpha value is -1.84. The molecule has 4 heteroatoms. The van der Waals surface area contributed by atoms with Gasteiger partial charge in [-0.1, -0.05) is 12.1 Å². The lowest BCUT2D eigenvalue weighted by Crippen LogP contribution is -2.08. The van der Waals surface area contributed by atoms with Gasteiger partial charge in [0.1, 0.15) is 11.3 Å². The minimum Gasteiger partial charge on any atom is -0.465 e. The van der Waals surface area contributed by atoms with Crippen molar-refractivity contribution < 1.29 is 19.1 Å². The van der Waals surface area contributed by atoms with Crippen molar-refractivity contribution in [2.75, 3.05) is 7.11 Å². The fourth-order valence-electron chi connectivity index (χ4n) is 0.957. The first-order valence-corrected chi connectivity index (χ1v) is 3.86. The number of ether oxygens (including phenoxy) is 2. The molecule has 73 valence electrons. The van der Waals surface area contributed by atoms with Crippen LogP contribution in [0.4, 0.5) is 0 Å². The summed E-state index contributed by atoms with van der Waals surface area (Å²) in [5.74, 6) is -1.12. The molecule has 0 unspecified atom stereocenters. The molecule has 0 saturated carbocycles. The van der Waals surface area contributed by atoms with Gasteiger partial charge in [0.15, 0.2) is 0 Å². The minimum atomic E-state index is -0.721. The molecule has 4 nitrogen and oxygen atoms in total. The highest BCUT2D eigenvalue weighted by Gasteiger charge is 2.12. The number of rotatable bonds is 2. The molecule has 1 rings (SSSR count). The summed E-state index contributed by atoms with van der Waals surface area (Å²) in [7, 11) is 1.26. The van der Waals surface area contributed by atoms with E-state index in [1.807, 2.05) is 0 Å². The molecule has 0 aromatic heterocycles. The van der Waals surface area contributed by atoms with Crippen LogP contribution in [0.5, 0.6) is 5.75 Å². The molecule has 1 aromatic rings. The number of hydrogen-bond donors (Lipinski definition) is 0. The number of carbonyl (C=O) groups is 2. The molecule has 0 aliphatic rings. The van der Waals surface area contributed by atoms with Crippen LogP contribution in [0.25, 0.3) is 0 Å². The van der Waals surface area contributed by atoms with Crippen LogP contribution in [0.1, 0.15) is 10.4 Å². The molecule has 0 atom stereocenters. The highest BCUT2D eigenvalue weighted by Crippen LogP contribution is 2.18. The molecule has 1 radical (unpaired) electrons. The number of methoxy groups -OCH3 is 1. The molecule has 1 aromatic carbocycles. The van der Waals surface area contributed by atoms with E-state index in [2.05, 4.69) is 11.7 Å². The van der Waals surface area contributed by atoms with Gasteiger partial charge in [0, 0.05) is 0 Å². The first kappa shape index (κ1) is 10.2. The highest BCUT2D eigenvalue weighted by molar-refractivity contribution is 5.93. The quantitative estimate of drug-likeness (QED) is 0.523. The number of esters is 2. The Labute approximate surface area is 81.4 Å². The van der Waals surface area contributed by atoms with E-state index in [0.29, 0.717) is 0 Å². The second-order valence-corrected chi connectivity index (χ2v) is 2.46. The van der Waals surface area contributed by atoms with Crippen LogP contribution in [0.2, 0.25) is 0 Å². The summed E-state index contributed by atoms with van der Waals surface area (Å²) in [5.41, 5.74) is 0.201. The number of hydrogen-bond acceptors (Lipinski definition) is 4. The average Bonchev–Trinajstić information content (AvgIpc) is 2.16. The van der Waals surface area contributed by atoms with E-state index in [4.69, 9.17) is 4.74 Å². The Balaban J connectivity index is 3.02. The first-order chi connectivity index (χ1) is 6.65. The third kappa shape index (κ3) is 2.32. The molecule has 0 heterocycles. The van der Waals surface area contributed by atoms with Crippen LogP contribution < -0.4 is 4.74 Å². The van der Waals surface area contributed by atoms with Gasteiger partial charge in [-0.05, 0) is 12.1 Å². The molecule has 14 heavy (non-hydrogen) atoms. The normalized spacial score (nSPS) is 9.29. The van der Waals surface area contributed by atoms with Crippen LogP contribution in [-0.4, -0.2) is 19.0 Å². The van der Waals surface area contributed by atoms with Crippen LogP contribution in [0.15, 0.2) is 24.3 Å². The molecular formula is C10H9O4. The predicted molar refractivity (Wildman–Crippen MR) is 48.8 cm³/mol. The Morgan fingerprint density at radius 3 is 2.50 bits per heavy atom. The van der Waals surface area contributed by atoms with Gasteiger partial charge in [-0.3, -0.25) is 4.79 Å². The Morgan fingerprint density at radius 2 is 1.93 bits per heavy atom. The van der Waals surface area contributed by atoms with Gasteiger partial charge in [-0.25, -0.2) is 4.79 Å². The topological polar surface area (TPSA) is 52.6 Å². The van der Waals surface area contributed by atoms with Crippen molar-refractivity contribution in [1.29, 1.82) is 0 Å². The molecule has 0 N–H and O–H groups in total. The molecule has 0 fully saturated rings. The lowest BCUT2D eigenvalue weighted by Gasteiger charge is -2.05. The Kier molecular flexibility index (Phi) is 3.23. The maximum absolute atomic E-state index is 11.2. The summed E-state index contributed by atoms with van der Waals surface area (Å²) >= 11 is 0. The van der Waals surface area contributed by atoms with E-state index in [-0.39, 0.29) is 11.3 Å². The van der Waals surface area contributed by atoms with E-state index >= 15 is 0 Å². The molecule has 0 aliphatic carbocycles. The van der Waals surface area contributed by atoms with Crippen molar-refractivity contribution in [1.82, 2.24) is 0 Å². The van der Waals surface area contributed by atoms with Crippen LogP contribution in [-0.2, 0) is 9.53 Å². The Morgan fingerprint density at radius 1 is 1.29 bits per heavy atom. The fraction of sp³-hybridized carbons (Fsp3) is 0.100. The maximum Gasteiger partial charge on any atom is 0.341 e. The van der Waals surface area contributed by atoms with E-state index < -0.39 is 11.9 Å². The molecule has 0 bridgehead atoms. The minimum absolute atomic E-state index is 0.152. The van der Waals surface area contributed by atoms with Crippen molar-refractivity contribution >= 4 is 11.9 Å². The second-order valence-electron chi connectivity index (χ2n) is 2.46. The SMILES string of the molecule is [CH2]C(=O)Oc1ccccc1C(=O)OC. The van der Waals surface area contributed by atoms with Crippen molar-refractivity contribution in [2.24, 2.45) is 0 Å². The van der Waals surface area contributed by atoms with E-state index in [0.717, 1.165) is 0 Å². The van der Waals surface area contributed by atoms with Crippen molar-refractivity contribution in [2.45, 2.75) is 0 Å². The Bertz CT molecular complexity index is 357.